The van der Waals surface area contributed by atoms with Gasteiger partial charge in [-0.1, -0.05) is 42.5 Å². The summed E-state index contributed by atoms with van der Waals surface area (Å²) < 4.78 is 19.3. The zero-order valence-electron chi connectivity index (χ0n) is 20.3. The average molecular weight is 476 g/mol. The number of amides is 1. The van der Waals surface area contributed by atoms with Gasteiger partial charge in [-0.05, 0) is 96.6 Å². The highest BCUT2D eigenvalue weighted by molar-refractivity contribution is 6.03. The van der Waals surface area contributed by atoms with Gasteiger partial charge in [0.25, 0.3) is 0 Å². The fourth-order valence-corrected chi connectivity index (χ4v) is 5.04. The van der Waals surface area contributed by atoms with E-state index in [1.807, 2.05) is 49.5 Å². The SMILES string of the molecule is Cc1ccc(N(C)C(=O)C2(c3ccccc3)CC2)cc1-c1ccc2oc(-c3ccc(F)cc3)cc2c1. The number of hydrogen-bond donors (Lipinski definition) is 0. The molecule has 5 aromatic rings. The third-order valence-corrected chi connectivity index (χ3v) is 7.35. The summed E-state index contributed by atoms with van der Waals surface area (Å²) in [7, 11) is 1.87. The maximum atomic E-state index is 13.6. The number of hydrogen-bond acceptors (Lipinski definition) is 2. The normalized spacial score (nSPS) is 14.1. The van der Waals surface area contributed by atoms with E-state index >= 15 is 0 Å². The molecule has 0 N–H and O–H groups in total. The predicted octanol–water partition coefficient (Wildman–Crippen LogP) is 7.91. The first-order chi connectivity index (χ1) is 17.4. The van der Waals surface area contributed by atoms with Crippen LogP contribution in [0.5, 0.6) is 0 Å². The van der Waals surface area contributed by atoms with E-state index in [0.717, 1.165) is 57.3 Å². The summed E-state index contributed by atoms with van der Waals surface area (Å²) in [5.74, 6) is 0.568. The van der Waals surface area contributed by atoms with Gasteiger partial charge in [0, 0.05) is 23.7 Å². The van der Waals surface area contributed by atoms with Crippen molar-refractivity contribution in [2.75, 3.05) is 11.9 Å². The Morgan fingerprint density at radius 1 is 0.861 bits per heavy atom. The number of carbonyl (C=O) groups excluding carboxylic acids is 1. The molecule has 6 rings (SSSR count). The largest absolute Gasteiger partial charge is 0.456 e. The summed E-state index contributed by atoms with van der Waals surface area (Å²) in [6.07, 6.45) is 1.76. The predicted molar refractivity (Wildman–Crippen MR) is 143 cm³/mol. The van der Waals surface area contributed by atoms with Gasteiger partial charge in [0.05, 0.1) is 5.41 Å². The van der Waals surface area contributed by atoms with Gasteiger partial charge in [-0.3, -0.25) is 4.79 Å². The lowest BCUT2D eigenvalue weighted by Crippen LogP contribution is -2.36. The highest BCUT2D eigenvalue weighted by Crippen LogP contribution is 2.50. The molecule has 4 heteroatoms. The van der Waals surface area contributed by atoms with Gasteiger partial charge in [-0.25, -0.2) is 4.39 Å². The van der Waals surface area contributed by atoms with Crippen molar-refractivity contribution in [1.82, 2.24) is 0 Å². The summed E-state index contributed by atoms with van der Waals surface area (Å²) in [5.41, 5.74) is 6.43. The Labute approximate surface area is 209 Å². The van der Waals surface area contributed by atoms with Crippen molar-refractivity contribution in [3.63, 3.8) is 0 Å². The van der Waals surface area contributed by atoms with E-state index in [0.29, 0.717) is 5.76 Å². The van der Waals surface area contributed by atoms with Crippen LogP contribution in [0.2, 0.25) is 0 Å². The van der Waals surface area contributed by atoms with Crippen molar-refractivity contribution in [2.24, 2.45) is 0 Å². The minimum atomic E-state index is -0.409. The van der Waals surface area contributed by atoms with Crippen molar-refractivity contribution >= 4 is 22.6 Å². The summed E-state index contributed by atoms with van der Waals surface area (Å²) in [6.45, 7) is 2.08. The molecule has 1 aromatic heterocycles. The molecule has 0 radical (unpaired) electrons. The number of fused-ring (bicyclic) bond motifs is 1. The number of benzene rings is 4. The lowest BCUT2D eigenvalue weighted by atomic mass is 9.93. The molecular formula is C32H26FNO2. The molecule has 0 saturated heterocycles. The van der Waals surface area contributed by atoms with E-state index in [9.17, 15) is 9.18 Å². The van der Waals surface area contributed by atoms with E-state index in [2.05, 4.69) is 37.3 Å². The summed E-state index contributed by atoms with van der Waals surface area (Å²) >= 11 is 0. The van der Waals surface area contributed by atoms with Gasteiger partial charge < -0.3 is 9.32 Å². The van der Waals surface area contributed by atoms with Gasteiger partial charge >= 0.3 is 0 Å². The van der Waals surface area contributed by atoms with Crippen molar-refractivity contribution in [1.29, 1.82) is 0 Å². The molecular weight excluding hydrogens is 449 g/mol. The Balaban J connectivity index is 1.33. The Bertz CT molecular complexity index is 1580. The summed E-state index contributed by atoms with van der Waals surface area (Å²) in [5, 5.41) is 0.974. The van der Waals surface area contributed by atoms with Crippen molar-refractivity contribution < 1.29 is 13.6 Å². The Morgan fingerprint density at radius 2 is 1.58 bits per heavy atom. The molecule has 0 atom stereocenters. The second-order valence-electron chi connectivity index (χ2n) is 9.68. The van der Waals surface area contributed by atoms with E-state index in [1.54, 1.807) is 17.0 Å². The van der Waals surface area contributed by atoms with E-state index < -0.39 is 5.41 Å². The summed E-state index contributed by atoms with van der Waals surface area (Å²) in [6, 6.07) is 30.7. The first-order valence-corrected chi connectivity index (χ1v) is 12.2. The molecule has 1 aliphatic rings. The number of likely N-dealkylation sites (N-methyl/N-ethyl adjacent to an activating group) is 1. The molecule has 1 amide bonds. The van der Waals surface area contributed by atoms with Crippen LogP contribution >= 0.6 is 0 Å². The van der Waals surface area contributed by atoms with E-state index in [1.165, 1.54) is 12.1 Å². The first-order valence-electron chi connectivity index (χ1n) is 12.2. The first kappa shape index (κ1) is 22.3. The molecule has 1 aliphatic carbocycles. The van der Waals surface area contributed by atoms with Gasteiger partial charge in [-0.15, -0.1) is 0 Å². The lowest BCUT2D eigenvalue weighted by molar-refractivity contribution is -0.120. The molecule has 1 fully saturated rings. The van der Waals surface area contributed by atoms with Gasteiger partial charge in [0.1, 0.15) is 17.2 Å². The minimum Gasteiger partial charge on any atom is -0.456 e. The number of furan rings is 1. The highest BCUT2D eigenvalue weighted by atomic mass is 19.1. The van der Waals surface area contributed by atoms with E-state index in [4.69, 9.17) is 4.42 Å². The highest BCUT2D eigenvalue weighted by Gasteiger charge is 2.52. The molecule has 0 spiro atoms. The van der Waals surface area contributed by atoms with Crippen LogP contribution in [0.15, 0.2) is 101 Å². The zero-order chi connectivity index (χ0) is 24.9. The maximum absolute atomic E-state index is 13.6. The molecule has 4 aromatic carbocycles. The third kappa shape index (κ3) is 3.79. The van der Waals surface area contributed by atoms with Crippen LogP contribution in [-0.2, 0) is 10.2 Å². The van der Waals surface area contributed by atoms with Gasteiger partial charge in [0.2, 0.25) is 5.91 Å². The van der Waals surface area contributed by atoms with Crippen LogP contribution in [-0.4, -0.2) is 13.0 Å². The molecule has 0 unspecified atom stereocenters. The zero-order valence-corrected chi connectivity index (χ0v) is 20.3. The molecule has 36 heavy (non-hydrogen) atoms. The van der Waals surface area contributed by atoms with Crippen molar-refractivity contribution in [2.45, 2.75) is 25.2 Å². The number of aryl methyl sites for hydroxylation is 1. The van der Waals surface area contributed by atoms with Crippen molar-refractivity contribution in [3.8, 4) is 22.5 Å². The van der Waals surface area contributed by atoms with Crippen LogP contribution in [0.1, 0.15) is 24.0 Å². The fourth-order valence-electron chi connectivity index (χ4n) is 5.04. The van der Waals surface area contributed by atoms with Gasteiger partial charge in [0.15, 0.2) is 0 Å². The Hall–Kier alpha value is -4.18. The number of nitrogens with zero attached hydrogens (tertiary/aromatic N) is 1. The molecule has 0 bridgehead atoms. The van der Waals surface area contributed by atoms with Crippen LogP contribution in [0.25, 0.3) is 33.4 Å². The second kappa shape index (κ2) is 8.49. The van der Waals surface area contributed by atoms with Crippen LogP contribution in [0, 0.1) is 12.7 Å². The van der Waals surface area contributed by atoms with Crippen LogP contribution < -0.4 is 4.90 Å². The number of carbonyl (C=O) groups is 1. The van der Waals surface area contributed by atoms with Crippen LogP contribution in [0.3, 0.4) is 0 Å². The minimum absolute atomic E-state index is 0.137. The molecule has 178 valence electrons. The average Bonchev–Trinajstić information content (AvgIpc) is 3.61. The Morgan fingerprint density at radius 3 is 2.31 bits per heavy atom. The molecule has 0 aliphatic heterocycles. The number of rotatable bonds is 5. The smallest absolute Gasteiger partial charge is 0.237 e. The van der Waals surface area contributed by atoms with Crippen molar-refractivity contribution in [3.05, 3.63) is 114 Å². The lowest BCUT2D eigenvalue weighted by Gasteiger charge is -2.25. The maximum Gasteiger partial charge on any atom is 0.237 e. The monoisotopic (exact) mass is 475 g/mol. The topological polar surface area (TPSA) is 33.5 Å². The van der Waals surface area contributed by atoms with Gasteiger partial charge in [-0.2, -0.15) is 0 Å². The second-order valence-corrected chi connectivity index (χ2v) is 9.68. The van der Waals surface area contributed by atoms with Crippen LogP contribution in [0.4, 0.5) is 10.1 Å². The summed E-state index contributed by atoms with van der Waals surface area (Å²) in [4.78, 5) is 15.4. The molecule has 1 heterocycles. The number of halogens is 1. The molecule has 1 saturated carbocycles. The molecule has 3 nitrogen and oxygen atoms in total. The standard InChI is InChI=1S/C32H26FNO2/c1-21-8-14-27(34(2)31(35)32(16-17-32)25-6-4-3-5-7-25)20-28(21)23-11-15-29-24(18-23)19-30(36-29)22-9-12-26(33)13-10-22/h3-15,18-20H,16-17H2,1-2H3. The third-order valence-electron chi connectivity index (χ3n) is 7.35. The number of anilines is 1. The Kier molecular flexibility index (Phi) is 5.26. The van der Waals surface area contributed by atoms with E-state index in [-0.39, 0.29) is 11.7 Å². The quantitative estimate of drug-likeness (QED) is 0.259. The fraction of sp³-hybridized carbons (Fsp3) is 0.156.